The number of rotatable bonds is 5. The van der Waals surface area contributed by atoms with Crippen molar-refractivity contribution in [3.8, 4) is 61.8 Å². The lowest BCUT2D eigenvalue weighted by atomic mass is 9.81. The van der Waals surface area contributed by atoms with Crippen molar-refractivity contribution in [2.45, 2.75) is 19.3 Å². The van der Waals surface area contributed by atoms with Gasteiger partial charge in [-0.2, -0.15) is 0 Å². The molecule has 11 rings (SSSR count). The van der Waals surface area contributed by atoms with E-state index in [0.29, 0.717) is 5.82 Å². The summed E-state index contributed by atoms with van der Waals surface area (Å²) in [5, 5.41) is 5.06. The first kappa shape index (κ1) is 32.3. The Morgan fingerprint density at radius 2 is 1.00 bits per heavy atom. The summed E-state index contributed by atoms with van der Waals surface area (Å²) in [7, 11) is 0. The minimum atomic E-state index is -0.106. The molecule has 0 unspecified atom stereocenters. The van der Waals surface area contributed by atoms with Gasteiger partial charge in [-0.1, -0.05) is 153 Å². The molecule has 1 aliphatic carbocycles. The van der Waals surface area contributed by atoms with Gasteiger partial charge in [-0.15, -0.1) is 0 Å². The first-order valence-corrected chi connectivity index (χ1v) is 19.3. The SMILES string of the molecule is CC1(C)c2cc3ccccc3cc2-c2c(-c3cccc(-c4cc(-c5ccc(-n6c7ccccc7c7ccccc76)cc5)nc(-c5ccccc5)n4)c3)cccc21. The van der Waals surface area contributed by atoms with Gasteiger partial charge in [-0.05, 0) is 92.7 Å². The molecule has 264 valence electrons. The molecule has 56 heavy (non-hydrogen) atoms. The predicted molar refractivity (Wildman–Crippen MR) is 233 cm³/mol. The van der Waals surface area contributed by atoms with Gasteiger partial charge < -0.3 is 4.57 Å². The Morgan fingerprint density at radius 3 is 1.73 bits per heavy atom. The fourth-order valence-electron chi connectivity index (χ4n) is 9.00. The van der Waals surface area contributed by atoms with Crippen LogP contribution in [-0.4, -0.2) is 14.5 Å². The van der Waals surface area contributed by atoms with Crippen molar-refractivity contribution < 1.29 is 0 Å². The average molecular weight is 716 g/mol. The maximum atomic E-state index is 5.21. The Bertz CT molecular complexity index is 3100. The summed E-state index contributed by atoms with van der Waals surface area (Å²) < 4.78 is 2.35. The molecule has 0 spiro atoms. The van der Waals surface area contributed by atoms with Gasteiger partial charge in [-0.3, -0.25) is 0 Å². The molecular weight excluding hydrogens is 679 g/mol. The minimum Gasteiger partial charge on any atom is -0.309 e. The lowest BCUT2D eigenvalue weighted by Crippen LogP contribution is -2.14. The van der Waals surface area contributed by atoms with Gasteiger partial charge in [0.15, 0.2) is 5.82 Å². The van der Waals surface area contributed by atoms with Crippen LogP contribution >= 0.6 is 0 Å². The number of fused-ring (bicyclic) bond motifs is 7. The van der Waals surface area contributed by atoms with Crippen LogP contribution in [0.1, 0.15) is 25.0 Å². The highest BCUT2D eigenvalue weighted by Crippen LogP contribution is 2.53. The second-order valence-electron chi connectivity index (χ2n) is 15.4. The normalized spacial score (nSPS) is 13.0. The molecule has 0 fully saturated rings. The summed E-state index contributed by atoms with van der Waals surface area (Å²) in [5.41, 5.74) is 16.1. The van der Waals surface area contributed by atoms with E-state index in [1.54, 1.807) is 0 Å². The maximum Gasteiger partial charge on any atom is 0.160 e. The molecule has 2 aromatic heterocycles. The monoisotopic (exact) mass is 715 g/mol. The van der Waals surface area contributed by atoms with Crippen LogP contribution in [0, 0.1) is 0 Å². The van der Waals surface area contributed by atoms with Crippen LogP contribution in [0.2, 0.25) is 0 Å². The number of aromatic nitrogens is 3. The van der Waals surface area contributed by atoms with Crippen molar-refractivity contribution in [2.75, 3.05) is 0 Å². The highest BCUT2D eigenvalue weighted by atomic mass is 15.0. The molecule has 0 amide bonds. The van der Waals surface area contributed by atoms with E-state index >= 15 is 0 Å². The summed E-state index contributed by atoms with van der Waals surface area (Å²) in [6.07, 6.45) is 0. The lowest BCUT2D eigenvalue weighted by Gasteiger charge is -2.22. The van der Waals surface area contributed by atoms with E-state index in [2.05, 4.69) is 188 Å². The molecule has 3 nitrogen and oxygen atoms in total. The molecule has 0 aliphatic heterocycles. The van der Waals surface area contributed by atoms with Gasteiger partial charge in [0.25, 0.3) is 0 Å². The first-order chi connectivity index (χ1) is 27.5. The fourth-order valence-corrected chi connectivity index (χ4v) is 9.00. The third kappa shape index (κ3) is 5.05. The zero-order valence-corrected chi connectivity index (χ0v) is 31.2. The first-order valence-electron chi connectivity index (χ1n) is 19.3. The van der Waals surface area contributed by atoms with Crippen molar-refractivity contribution in [1.29, 1.82) is 0 Å². The Balaban J connectivity index is 1.03. The van der Waals surface area contributed by atoms with E-state index in [9.17, 15) is 0 Å². The van der Waals surface area contributed by atoms with Crippen molar-refractivity contribution in [1.82, 2.24) is 14.5 Å². The number of hydrogen-bond acceptors (Lipinski definition) is 2. The molecule has 0 radical (unpaired) electrons. The summed E-state index contributed by atoms with van der Waals surface area (Å²) in [6.45, 7) is 4.71. The summed E-state index contributed by atoms with van der Waals surface area (Å²) in [5.74, 6) is 0.707. The average Bonchev–Trinajstić information content (AvgIpc) is 3.71. The van der Waals surface area contributed by atoms with Crippen molar-refractivity contribution in [3.63, 3.8) is 0 Å². The Labute approximate surface area is 326 Å². The molecule has 0 N–H and O–H groups in total. The van der Waals surface area contributed by atoms with Crippen molar-refractivity contribution in [3.05, 3.63) is 199 Å². The fraction of sp³-hybridized carbons (Fsp3) is 0.0566. The highest BCUT2D eigenvalue weighted by Gasteiger charge is 2.37. The van der Waals surface area contributed by atoms with Gasteiger partial charge >= 0.3 is 0 Å². The summed E-state index contributed by atoms with van der Waals surface area (Å²) in [4.78, 5) is 10.4. The van der Waals surface area contributed by atoms with Gasteiger partial charge in [-0.25, -0.2) is 9.97 Å². The summed E-state index contributed by atoms with van der Waals surface area (Å²) >= 11 is 0. The van der Waals surface area contributed by atoms with Crippen LogP contribution in [0.4, 0.5) is 0 Å². The van der Waals surface area contributed by atoms with Crippen LogP contribution in [0.5, 0.6) is 0 Å². The van der Waals surface area contributed by atoms with Gasteiger partial charge in [0.05, 0.1) is 22.4 Å². The second kappa shape index (κ2) is 12.5. The van der Waals surface area contributed by atoms with E-state index in [1.807, 2.05) is 18.2 Å². The van der Waals surface area contributed by atoms with E-state index < -0.39 is 0 Å². The molecule has 3 heteroatoms. The quantitative estimate of drug-likeness (QED) is 0.178. The molecule has 0 bridgehead atoms. The number of para-hydroxylation sites is 2. The zero-order valence-electron chi connectivity index (χ0n) is 31.2. The van der Waals surface area contributed by atoms with Gasteiger partial charge in [0, 0.05) is 38.6 Å². The Morgan fingerprint density at radius 1 is 0.411 bits per heavy atom. The van der Waals surface area contributed by atoms with Crippen molar-refractivity contribution >= 4 is 32.6 Å². The van der Waals surface area contributed by atoms with Crippen LogP contribution in [0.25, 0.3) is 94.4 Å². The van der Waals surface area contributed by atoms with Crippen LogP contribution in [-0.2, 0) is 5.41 Å². The third-order valence-corrected chi connectivity index (χ3v) is 11.8. The van der Waals surface area contributed by atoms with E-state index in [1.165, 1.54) is 66.0 Å². The number of nitrogens with zero attached hydrogens (tertiary/aromatic N) is 3. The number of benzene rings is 8. The molecule has 1 aliphatic rings. The highest BCUT2D eigenvalue weighted by molar-refractivity contribution is 6.09. The molecule has 0 atom stereocenters. The van der Waals surface area contributed by atoms with E-state index in [4.69, 9.17) is 9.97 Å². The Hall–Kier alpha value is -7.10. The lowest BCUT2D eigenvalue weighted by molar-refractivity contribution is 0.661. The molecular formula is C53H37N3. The molecule has 0 saturated carbocycles. The second-order valence-corrected chi connectivity index (χ2v) is 15.4. The largest absolute Gasteiger partial charge is 0.309 e. The topological polar surface area (TPSA) is 30.7 Å². The van der Waals surface area contributed by atoms with Gasteiger partial charge in [0.2, 0.25) is 0 Å². The zero-order chi connectivity index (χ0) is 37.4. The van der Waals surface area contributed by atoms with E-state index in [-0.39, 0.29) is 5.41 Å². The molecule has 8 aromatic carbocycles. The molecule has 0 saturated heterocycles. The standard InChI is InChI=1S/C53H37N3/c1-53(2)45-23-13-22-41(51(45)44-31-36-16-6-7-17-37(36)32-46(44)53)38-18-12-19-39(30-38)48-33-47(54-52(55-48)35-14-4-3-5-15-35)34-26-28-40(29-27-34)56-49-24-10-8-20-42(49)43-21-9-11-25-50(43)56/h3-33H,1-2H3. The van der Waals surface area contributed by atoms with E-state index in [0.717, 1.165) is 33.8 Å². The van der Waals surface area contributed by atoms with Crippen LogP contribution in [0.15, 0.2) is 188 Å². The predicted octanol–water partition coefficient (Wildman–Crippen LogP) is 13.7. The smallest absolute Gasteiger partial charge is 0.160 e. The van der Waals surface area contributed by atoms with Crippen LogP contribution in [0.3, 0.4) is 0 Å². The van der Waals surface area contributed by atoms with Gasteiger partial charge in [0.1, 0.15) is 0 Å². The molecule has 2 heterocycles. The van der Waals surface area contributed by atoms with Crippen LogP contribution < -0.4 is 0 Å². The number of hydrogen-bond donors (Lipinski definition) is 0. The Kier molecular flexibility index (Phi) is 7.20. The maximum absolute atomic E-state index is 5.21. The van der Waals surface area contributed by atoms with Crippen molar-refractivity contribution in [2.24, 2.45) is 0 Å². The summed E-state index contributed by atoms with van der Waals surface area (Å²) in [6, 6.07) is 67.6. The molecule has 10 aromatic rings. The third-order valence-electron chi connectivity index (χ3n) is 11.8. The minimum absolute atomic E-state index is 0.106.